The predicted molar refractivity (Wildman–Crippen MR) is 68.5 cm³/mol. The molecule has 9 heteroatoms. The molecule has 0 N–H and O–H groups in total. The van der Waals surface area contributed by atoms with Crippen LogP contribution in [0.3, 0.4) is 0 Å². The molecule has 0 saturated heterocycles. The minimum atomic E-state index is -4.86. The zero-order valence-corrected chi connectivity index (χ0v) is 11.1. The number of non-ortho nitro benzene ring substituents is 1. The number of alkyl halides is 6. The second kappa shape index (κ2) is 5.56. The molecule has 2 rings (SSSR count). The largest absolute Gasteiger partial charge is 0.417 e. The second-order valence-corrected chi connectivity index (χ2v) is 4.56. The van der Waals surface area contributed by atoms with Crippen molar-refractivity contribution in [2.24, 2.45) is 0 Å². The normalized spacial score (nSPS) is 12.3. The van der Waals surface area contributed by atoms with E-state index < -0.39 is 34.0 Å². The average Bonchev–Trinajstić information content (AvgIpc) is 2.45. The first-order valence-corrected chi connectivity index (χ1v) is 6.03. The number of hydrogen-bond donors (Lipinski definition) is 0. The molecule has 0 aliphatic heterocycles. The van der Waals surface area contributed by atoms with Crippen molar-refractivity contribution in [3.8, 4) is 11.1 Å². The fourth-order valence-corrected chi connectivity index (χ4v) is 1.97. The van der Waals surface area contributed by atoms with Crippen LogP contribution in [0.15, 0.2) is 42.5 Å². The van der Waals surface area contributed by atoms with Gasteiger partial charge >= 0.3 is 12.4 Å². The fraction of sp³-hybridized carbons (Fsp3) is 0.143. The van der Waals surface area contributed by atoms with Gasteiger partial charge in [-0.15, -0.1) is 0 Å². The molecule has 2 aromatic rings. The third-order valence-electron chi connectivity index (χ3n) is 3.04. The van der Waals surface area contributed by atoms with Crippen LogP contribution in [0.4, 0.5) is 32.0 Å². The van der Waals surface area contributed by atoms with Crippen LogP contribution in [0.25, 0.3) is 11.1 Å². The van der Waals surface area contributed by atoms with E-state index in [1.165, 1.54) is 0 Å². The van der Waals surface area contributed by atoms with Gasteiger partial charge in [0.05, 0.1) is 16.1 Å². The second-order valence-electron chi connectivity index (χ2n) is 4.56. The first kappa shape index (κ1) is 16.8. The third kappa shape index (κ3) is 3.61. The van der Waals surface area contributed by atoms with E-state index in [0.717, 1.165) is 24.3 Å². The summed E-state index contributed by atoms with van der Waals surface area (Å²) in [5.74, 6) is 0. The minimum Gasteiger partial charge on any atom is -0.258 e. The molecule has 0 aliphatic carbocycles. The Morgan fingerprint density at radius 3 is 1.83 bits per heavy atom. The molecule has 0 bridgehead atoms. The summed E-state index contributed by atoms with van der Waals surface area (Å²) in [5.41, 5.74) is -3.76. The lowest BCUT2D eigenvalue weighted by atomic mass is 9.96. The van der Waals surface area contributed by atoms with Crippen LogP contribution in [-0.4, -0.2) is 4.92 Å². The molecule has 0 saturated carbocycles. The fourth-order valence-electron chi connectivity index (χ4n) is 1.97. The highest BCUT2D eigenvalue weighted by Gasteiger charge is 2.37. The van der Waals surface area contributed by atoms with Crippen LogP contribution in [-0.2, 0) is 12.4 Å². The molecule has 0 aromatic heterocycles. The lowest BCUT2D eigenvalue weighted by Gasteiger charge is -2.16. The number of halogens is 6. The molecule has 0 radical (unpaired) electrons. The van der Waals surface area contributed by atoms with E-state index >= 15 is 0 Å². The Bertz CT molecular complexity index is 734. The smallest absolute Gasteiger partial charge is 0.258 e. The van der Waals surface area contributed by atoms with Gasteiger partial charge in [-0.3, -0.25) is 10.1 Å². The number of benzene rings is 2. The summed E-state index contributed by atoms with van der Waals surface area (Å²) in [6.45, 7) is 0. The summed E-state index contributed by atoms with van der Waals surface area (Å²) < 4.78 is 77.1. The van der Waals surface area contributed by atoms with Crippen LogP contribution < -0.4 is 0 Å². The summed E-state index contributed by atoms with van der Waals surface area (Å²) in [4.78, 5) is 9.77. The molecule has 3 nitrogen and oxygen atoms in total. The summed E-state index contributed by atoms with van der Waals surface area (Å²) in [6, 6.07) is 4.87. The Kier molecular flexibility index (Phi) is 4.06. The molecule has 0 spiro atoms. The molecule has 0 atom stereocenters. The van der Waals surface area contributed by atoms with Gasteiger partial charge in [0.2, 0.25) is 0 Å². The Balaban J connectivity index is 2.64. The maximum Gasteiger partial charge on any atom is 0.417 e. The van der Waals surface area contributed by atoms with E-state index in [0.29, 0.717) is 18.2 Å². The average molecular weight is 335 g/mol. The number of nitro benzene ring substituents is 1. The summed E-state index contributed by atoms with van der Waals surface area (Å²) in [5, 5.41) is 10.5. The van der Waals surface area contributed by atoms with Gasteiger partial charge in [0.25, 0.3) is 5.69 Å². The van der Waals surface area contributed by atoms with Gasteiger partial charge in [0, 0.05) is 12.1 Å². The van der Waals surface area contributed by atoms with E-state index in [1.807, 2.05) is 0 Å². The van der Waals surface area contributed by atoms with Gasteiger partial charge < -0.3 is 0 Å². The molecule has 122 valence electrons. The van der Waals surface area contributed by atoms with E-state index in [-0.39, 0.29) is 11.3 Å². The van der Waals surface area contributed by atoms with Gasteiger partial charge in [0.15, 0.2) is 0 Å². The van der Waals surface area contributed by atoms with E-state index in [9.17, 15) is 36.5 Å². The highest BCUT2D eigenvalue weighted by Crippen LogP contribution is 2.40. The van der Waals surface area contributed by atoms with Crippen molar-refractivity contribution in [2.75, 3.05) is 0 Å². The van der Waals surface area contributed by atoms with Crippen LogP contribution in [0.1, 0.15) is 11.1 Å². The molecule has 23 heavy (non-hydrogen) atoms. The first-order valence-electron chi connectivity index (χ1n) is 6.03. The van der Waals surface area contributed by atoms with Gasteiger partial charge in [-0.2, -0.15) is 26.3 Å². The molecule has 0 heterocycles. The van der Waals surface area contributed by atoms with Gasteiger partial charge in [-0.1, -0.05) is 0 Å². The minimum absolute atomic E-state index is 0.200. The van der Waals surface area contributed by atoms with E-state index in [4.69, 9.17) is 0 Å². The van der Waals surface area contributed by atoms with E-state index in [2.05, 4.69) is 0 Å². The highest BCUT2D eigenvalue weighted by molar-refractivity contribution is 5.70. The molecule has 0 fully saturated rings. The van der Waals surface area contributed by atoms with Gasteiger partial charge in [0.1, 0.15) is 0 Å². The zero-order chi connectivity index (χ0) is 17.4. The predicted octanol–water partition coefficient (Wildman–Crippen LogP) is 5.30. The topological polar surface area (TPSA) is 43.1 Å². The Morgan fingerprint density at radius 1 is 0.826 bits per heavy atom. The van der Waals surface area contributed by atoms with Gasteiger partial charge in [-0.25, -0.2) is 0 Å². The number of nitrogens with zero attached hydrogens (tertiary/aromatic N) is 1. The summed E-state index contributed by atoms with van der Waals surface area (Å²) in [6.07, 6.45) is -9.67. The lowest BCUT2D eigenvalue weighted by molar-refractivity contribution is -0.384. The Morgan fingerprint density at radius 2 is 1.39 bits per heavy atom. The summed E-state index contributed by atoms with van der Waals surface area (Å²) >= 11 is 0. The maximum atomic E-state index is 13.0. The molecule has 0 unspecified atom stereocenters. The number of hydrogen-bond acceptors (Lipinski definition) is 2. The van der Waals surface area contributed by atoms with Crippen LogP contribution >= 0.6 is 0 Å². The van der Waals surface area contributed by atoms with Crippen molar-refractivity contribution in [3.63, 3.8) is 0 Å². The van der Waals surface area contributed by atoms with Crippen molar-refractivity contribution in [3.05, 3.63) is 63.7 Å². The van der Waals surface area contributed by atoms with Crippen molar-refractivity contribution < 1.29 is 31.3 Å². The Hall–Kier alpha value is -2.58. The number of nitro groups is 1. The molecule has 2 aromatic carbocycles. The maximum absolute atomic E-state index is 13.0. The summed E-state index contributed by atoms with van der Waals surface area (Å²) in [7, 11) is 0. The van der Waals surface area contributed by atoms with Crippen molar-refractivity contribution in [1.82, 2.24) is 0 Å². The first-order chi connectivity index (χ1) is 10.5. The van der Waals surface area contributed by atoms with Crippen LogP contribution in [0.2, 0.25) is 0 Å². The highest BCUT2D eigenvalue weighted by atomic mass is 19.4. The molecular formula is C14H7F6NO2. The SMILES string of the molecule is O=[N+]([O-])c1ccc(-c2cc(C(F)(F)F)ccc2C(F)(F)F)cc1. The monoisotopic (exact) mass is 335 g/mol. The van der Waals surface area contributed by atoms with Crippen LogP contribution in [0, 0.1) is 10.1 Å². The molecular weight excluding hydrogens is 328 g/mol. The van der Waals surface area contributed by atoms with Crippen LogP contribution in [0.5, 0.6) is 0 Å². The molecule has 0 amide bonds. The van der Waals surface area contributed by atoms with Gasteiger partial charge in [-0.05, 0) is 41.5 Å². The van der Waals surface area contributed by atoms with Crippen molar-refractivity contribution >= 4 is 5.69 Å². The van der Waals surface area contributed by atoms with Crippen molar-refractivity contribution in [1.29, 1.82) is 0 Å². The molecule has 0 aliphatic rings. The third-order valence-corrected chi connectivity index (χ3v) is 3.04. The standard InChI is InChI=1S/C14H7F6NO2/c15-13(16,17)9-3-6-12(14(18,19)20)11(7-9)8-1-4-10(5-2-8)21(22)23/h1-7H. The van der Waals surface area contributed by atoms with Crippen molar-refractivity contribution in [2.45, 2.75) is 12.4 Å². The number of rotatable bonds is 2. The van der Waals surface area contributed by atoms with E-state index in [1.54, 1.807) is 0 Å². The quantitative estimate of drug-likeness (QED) is 0.425. The Labute approximate surface area is 125 Å². The zero-order valence-electron chi connectivity index (χ0n) is 11.1. The lowest BCUT2D eigenvalue weighted by Crippen LogP contribution is -2.11.